The van der Waals surface area contributed by atoms with Crippen molar-refractivity contribution < 1.29 is 14.3 Å². The van der Waals surface area contributed by atoms with Gasteiger partial charge in [0.2, 0.25) is 0 Å². The molecule has 0 bridgehead atoms. The van der Waals surface area contributed by atoms with Gasteiger partial charge in [-0.25, -0.2) is 9.78 Å². The number of carbonyl (C=O) groups is 2. The summed E-state index contributed by atoms with van der Waals surface area (Å²) in [5.41, 5.74) is 2.95. The zero-order chi connectivity index (χ0) is 24.7. The van der Waals surface area contributed by atoms with Crippen LogP contribution in [0.1, 0.15) is 62.0 Å². The Balaban J connectivity index is 1.67. The van der Waals surface area contributed by atoms with Crippen molar-refractivity contribution in [1.82, 2.24) is 4.98 Å². The van der Waals surface area contributed by atoms with E-state index in [-0.39, 0.29) is 5.91 Å². The third-order valence-corrected chi connectivity index (χ3v) is 5.94. The Morgan fingerprint density at radius 3 is 2.50 bits per heavy atom. The molecule has 0 saturated heterocycles. The topological polar surface area (TPSA) is 80.3 Å². The molecule has 0 saturated carbocycles. The first-order valence-corrected chi connectivity index (χ1v) is 12.2. The van der Waals surface area contributed by atoms with E-state index in [9.17, 15) is 9.59 Å². The number of hydrogen-bond donors (Lipinski definition) is 2. The number of nitrogens with one attached hydrogen (secondary N) is 2. The number of pyridine rings is 1. The molecule has 3 rings (SSSR count). The monoisotopic (exact) mass is 477 g/mol. The second-order valence-electron chi connectivity index (χ2n) is 9.20. The maximum absolute atomic E-state index is 13.0. The Kier molecular flexibility index (Phi) is 8.34. The summed E-state index contributed by atoms with van der Waals surface area (Å²) in [6, 6.07) is 19.1. The van der Waals surface area contributed by atoms with Gasteiger partial charge in [-0.1, -0.05) is 38.1 Å². The minimum Gasteiger partial charge on any atom is -0.444 e. The zero-order valence-corrected chi connectivity index (χ0v) is 21.0. The average Bonchev–Trinajstić information content (AvgIpc) is 2.77. The first-order valence-electron chi connectivity index (χ1n) is 11.2. The van der Waals surface area contributed by atoms with Crippen LogP contribution in [0.5, 0.6) is 0 Å². The van der Waals surface area contributed by atoms with Gasteiger partial charge in [-0.3, -0.25) is 10.1 Å². The second kappa shape index (κ2) is 11.2. The highest BCUT2D eigenvalue weighted by Gasteiger charge is 2.17. The van der Waals surface area contributed by atoms with Gasteiger partial charge in [0.1, 0.15) is 11.4 Å². The summed E-state index contributed by atoms with van der Waals surface area (Å²) >= 11 is 1.55. The summed E-state index contributed by atoms with van der Waals surface area (Å²) in [7, 11) is 0. The van der Waals surface area contributed by atoms with Crippen molar-refractivity contribution in [2.45, 2.75) is 56.8 Å². The molecule has 0 spiro atoms. The second-order valence-corrected chi connectivity index (χ2v) is 10.2. The third kappa shape index (κ3) is 7.63. The molecule has 0 aliphatic carbocycles. The van der Waals surface area contributed by atoms with Gasteiger partial charge in [0, 0.05) is 22.5 Å². The predicted octanol–water partition coefficient (Wildman–Crippen LogP) is 7.10. The fourth-order valence-electron chi connectivity index (χ4n) is 3.16. The van der Waals surface area contributed by atoms with Crippen LogP contribution >= 0.6 is 11.8 Å². The van der Waals surface area contributed by atoms with E-state index >= 15 is 0 Å². The molecule has 1 aromatic heterocycles. The van der Waals surface area contributed by atoms with Gasteiger partial charge in [-0.05, 0) is 74.2 Å². The lowest BCUT2D eigenvalue weighted by Crippen LogP contribution is -2.27. The number of benzene rings is 2. The summed E-state index contributed by atoms with van der Waals surface area (Å²) in [6.07, 6.45) is 1.09. The molecule has 7 heteroatoms. The molecule has 6 nitrogen and oxygen atoms in total. The summed E-state index contributed by atoms with van der Waals surface area (Å²) in [5.74, 6) is 1.27. The molecule has 2 amide bonds. The van der Waals surface area contributed by atoms with Gasteiger partial charge in [0.25, 0.3) is 5.91 Å². The number of nitrogens with zero attached hydrogens (tertiary/aromatic N) is 1. The summed E-state index contributed by atoms with van der Waals surface area (Å²) in [4.78, 5) is 30.1. The van der Waals surface area contributed by atoms with Crippen LogP contribution in [0.15, 0.2) is 71.8 Å². The van der Waals surface area contributed by atoms with Crippen molar-refractivity contribution in [3.63, 3.8) is 0 Å². The molecule has 0 radical (unpaired) electrons. The van der Waals surface area contributed by atoms with Gasteiger partial charge < -0.3 is 10.1 Å². The number of amides is 2. The Morgan fingerprint density at radius 2 is 1.76 bits per heavy atom. The minimum absolute atomic E-state index is 0.147. The molecule has 178 valence electrons. The standard InChI is InChI=1S/C27H31N3O3S/c1-18(2)20-9-8-10-21(16-20)29-25(31)22-11-6-7-12-23(22)34-17-19-13-14-28-24(15-19)30-26(32)33-27(3,4)5/h6-16,18H,17H2,1-5H3,(H,29,31)(H,28,30,32). The van der Waals surface area contributed by atoms with E-state index in [0.717, 1.165) is 16.1 Å². The lowest BCUT2D eigenvalue weighted by Gasteiger charge is -2.19. The van der Waals surface area contributed by atoms with Crippen LogP contribution < -0.4 is 10.6 Å². The molecular formula is C27H31N3O3S. The largest absolute Gasteiger partial charge is 0.444 e. The van der Waals surface area contributed by atoms with Crippen molar-refractivity contribution in [3.05, 3.63) is 83.6 Å². The normalized spacial score (nSPS) is 11.2. The number of hydrogen-bond acceptors (Lipinski definition) is 5. The van der Waals surface area contributed by atoms with E-state index in [2.05, 4.69) is 35.5 Å². The Hall–Kier alpha value is -3.32. The van der Waals surface area contributed by atoms with Crippen molar-refractivity contribution in [3.8, 4) is 0 Å². The van der Waals surface area contributed by atoms with Crippen LogP contribution in [0.2, 0.25) is 0 Å². The predicted molar refractivity (Wildman–Crippen MR) is 139 cm³/mol. The third-order valence-electron chi connectivity index (χ3n) is 4.79. The quantitative estimate of drug-likeness (QED) is 0.355. The summed E-state index contributed by atoms with van der Waals surface area (Å²) < 4.78 is 5.28. The molecule has 0 aliphatic heterocycles. The molecule has 2 aromatic carbocycles. The minimum atomic E-state index is -0.585. The fraction of sp³-hybridized carbons (Fsp3) is 0.296. The molecule has 0 atom stereocenters. The molecule has 2 N–H and O–H groups in total. The van der Waals surface area contributed by atoms with Gasteiger partial charge in [-0.15, -0.1) is 11.8 Å². The van der Waals surface area contributed by atoms with Crippen molar-refractivity contribution in [1.29, 1.82) is 0 Å². The molecule has 0 fully saturated rings. The van der Waals surface area contributed by atoms with Crippen molar-refractivity contribution in [2.24, 2.45) is 0 Å². The highest BCUT2D eigenvalue weighted by molar-refractivity contribution is 7.98. The molecule has 1 heterocycles. The fourth-order valence-corrected chi connectivity index (χ4v) is 4.15. The summed E-state index contributed by atoms with van der Waals surface area (Å²) in [6.45, 7) is 9.67. The van der Waals surface area contributed by atoms with E-state index in [0.29, 0.717) is 23.1 Å². The van der Waals surface area contributed by atoms with Gasteiger partial charge >= 0.3 is 6.09 Å². The van der Waals surface area contributed by atoms with Gasteiger partial charge in [0.05, 0.1) is 5.56 Å². The molecule has 0 aliphatic rings. The van der Waals surface area contributed by atoms with Crippen LogP contribution in [0.25, 0.3) is 0 Å². The Morgan fingerprint density at radius 1 is 1.00 bits per heavy atom. The molecule has 3 aromatic rings. The van der Waals surface area contributed by atoms with E-state index < -0.39 is 11.7 Å². The van der Waals surface area contributed by atoms with Crippen molar-refractivity contribution in [2.75, 3.05) is 10.6 Å². The SMILES string of the molecule is CC(C)c1cccc(NC(=O)c2ccccc2SCc2ccnc(NC(=O)OC(C)(C)C)c2)c1. The highest BCUT2D eigenvalue weighted by Crippen LogP contribution is 2.28. The van der Waals surface area contributed by atoms with Crippen LogP contribution in [0.3, 0.4) is 0 Å². The zero-order valence-electron chi connectivity index (χ0n) is 20.2. The highest BCUT2D eigenvalue weighted by atomic mass is 32.2. The van der Waals surface area contributed by atoms with E-state index in [4.69, 9.17) is 4.74 Å². The van der Waals surface area contributed by atoms with Crippen LogP contribution in [0.4, 0.5) is 16.3 Å². The number of ether oxygens (including phenoxy) is 1. The van der Waals surface area contributed by atoms with Gasteiger partial charge in [-0.2, -0.15) is 0 Å². The van der Waals surface area contributed by atoms with Crippen LogP contribution in [-0.4, -0.2) is 22.6 Å². The first-order chi connectivity index (χ1) is 16.1. The lowest BCUT2D eigenvalue weighted by atomic mass is 10.0. The number of carbonyl (C=O) groups excluding carboxylic acids is 2. The maximum atomic E-state index is 13.0. The van der Waals surface area contributed by atoms with Crippen LogP contribution in [-0.2, 0) is 10.5 Å². The summed E-state index contributed by atoms with van der Waals surface area (Å²) in [5, 5.41) is 5.68. The van der Waals surface area contributed by atoms with E-state index in [1.807, 2.05) is 69.3 Å². The Labute approximate surface area is 205 Å². The average molecular weight is 478 g/mol. The smallest absolute Gasteiger partial charge is 0.413 e. The van der Waals surface area contributed by atoms with E-state index in [1.54, 1.807) is 24.0 Å². The number of thioether (sulfide) groups is 1. The number of aromatic nitrogens is 1. The van der Waals surface area contributed by atoms with Crippen LogP contribution in [0, 0.1) is 0 Å². The Bertz CT molecular complexity index is 1160. The van der Waals surface area contributed by atoms with E-state index in [1.165, 1.54) is 5.56 Å². The lowest BCUT2D eigenvalue weighted by molar-refractivity contribution is 0.0635. The number of rotatable bonds is 7. The molecule has 0 unspecified atom stereocenters. The van der Waals surface area contributed by atoms with Gasteiger partial charge in [0.15, 0.2) is 0 Å². The molecule has 34 heavy (non-hydrogen) atoms. The molecular weight excluding hydrogens is 446 g/mol. The maximum Gasteiger partial charge on any atom is 0.413 e. The first kappa shape index (κ1) is 25.3. The number of anilines is 2. The van der Waals surface area contributed by atoms with Crippen molar-refractivity contribution >= 4 is 35.3 Å².